The van der Waals surface area contributed by atoms with Crippen LogP contribution in [-0.4, -0.2) is 0 Å². The number of hydrogen-bond acceptors (Lipinski definition) is 1. The molecule has 0 unspecified atom stereocenters. The van der Waals surface area contributed by atoms with Crippen LogP contribution in [0, 0.1) is 0 Å². The van der Waals surface area contributed by atoms with Gasteiger partial charge in [0.15, 0.2) is 0 Å². The lowest BCUT2D eigenvalue weighted by molar-refractivity contribution is 0.669. The summed E-state index contributed by atoms with van der Waals surface area (Å²) in [6.07, 6.45) is 0. The topological polar surface area (TPSA) is 13.1 Å². The number of para-hydroxylation sites is 1. The number of rotatable bonds is 3. The van der Waals surface area contributed by atoms with E-state index < -0.39 is 0 Å². The third-order valence-electron chi connectivity index (χ3n) is 9.83. The lowest BCUT2D eigenvalue weighted by Gasteiger charge is -2.18. The second kappa shape index (κ2) is 10.2. The molecule has 0 bridgehead atoms. The zero-order valence-corrected chi connectivity index (χ0v) is 25.6. The zero-order chi connectivity index (χ0) is 30.9. The lowest BCUT2D eigenvalue weighted by atomic mass is 9.85. The van der Waals surface area contributed by atoms with E-state index in [1.54, 1.807) is 0 Å². The molecule has 0 fully saturated rings. The van der Waals surface area contributed by atoms with Gasteiger partial charge in [-0.1, -0.05) is 140 Å². The van der Waals surface area contributed by atoms with Gasteiger partial charge in [-0.15, -0.1) is 0 Å². The van der Waals surface area contributed by atoms with Crippen molar-refractivity contribution < 1.29 is 4.42 Å². The normalized spacial score (nSPS) is 11.8. The van der Waals surface area contributed by atoms with Crippen LogP contribution < -0.4 is 0 Å². The Bertz CT molecular complexity index is 2790. The van der Waals surface area contributed by atoms with Crippen LogP contribution in [0.15, 0.2) is 174 Å². The fraction of sp³-hybridized carbons (Fsp3) is 0. The Morgan fingerprint density at radius 1 is 0.277 bits per heavy atom. The summed E-state index contributed by atoms with van der Waals surface area (Å²) in [4.78, 5) is 0. The monoisotopic (exact) mass is 596 g/mol. The van der Waals surface area contributed by atoms with Gasteiger partial charge >= 0.3 is 0 Å². The quantitative estimate of drug-likeness (QED) is 0.185. The molecule has 0 saturated carbocycles. The van der Waals surface area contributed by atoms with Gasteiger partial charge in [-0.25, -0.2) is 0 Å². The molecular formula is C46H28O. The van der Waals surface area contributed by atoms with Crippen molar-refractivity contribution in [2.75, 3.05) is 0 Å². The molecule has 1 nitrogen and oxygen atoms in total. The fourth-order valence-electron chi connectivity index (χ4n) is 7.68. The average molecular weight is 597 g/mol. The molecule has 1 heterocycles. The van der Waals surface area contributed by atoms with E-state index in [9.17, 15) is 0 Å². The number of hydrogen-bond donors (Lipinski definition) is 0. The van der Waals surface area contributed by atoms with Crippen molar-refractivity contribution in [2.45, 2.75) is 0 Å². The Morgan fingerprint density at radius 3 is 1.51 bits per heavy atom. The van der Waals surface area contributed by atoms with Gasteiger partial charge in [-0.2, -0.15) is 0 Å². The molecule has 1 heteroatoms. The smallest absolute Gasteiger partial charge is 0.136 e. The lowest BCUT2D eigenvalue weighted by Crippen LogP contribution is -1.91. The highest BCUT2D eigenvalue weighted by Gasteiger charge is 2.18. The van der Waals surface area contributed by atoms with Gasteiger partial charge in [0.25, 0.3) is 0 Å². The Hall–Kier alpha value is -6.18. The standard InChI is InChI=1S/C46H28O/c1-2-12-35-30(10-1)11-9-18-36(35)31-22-20-29-21-23-32(27-34(29)26-31)45-39-14-3-5-16-41(39)46(42-17-6-4-15-40(42)45)33-24-25-38-37-13-7-8-19-43(37)47-44(38)28-33/h1-28H. The fourth-order valence-corrected chi connectivity index (χ4v) is 7.68. The molecule has 218 valence electrons. The van der Waals surface area contributed by atoms with Crippen molar-refractivity contribution in [3.63, 3.8) is 0 Å². The molecule has 10 aromatic rings. The van der Waals surface area contributed by atoms with Crippen molar-refractivity contribution in [3.8, 4) is 33.4 Å². The average Bonchev–Trinajstić information content (AvgIpc) is 3.51. The van der Waals surface area contributed by atoms with Crippen molar-refractivity contribution in [1.82, 2.24) is 0 Å². The molecule has 10 rings (SSSR count). The van der Waals surface area contributed by atoms with Crippen LogP contribution >= 0.6 is 0 Å². The largest absolute Gasteiger partial charge is 0.456 e. The van der Waals surface area contributed by atoms with Gasteiger partial charge < -0.3 is 4.42 Å². The van der Waals surface area contributed by atoms with E-state index in [-0.39, 0.29) is 0 Å². The van der Waals surface area contributed by atoms with Crippen molar-refractivity contribution in [2.24, 2.45) is 0 Å². The van der Waals surface area contributed by atoms with Gasteiger partial charge in [0.1, 0.15) is 11.2 Å². The van der Waals surface area contributed by atoms with E-state index in [0.717, 1.165) is 27.5 Å². The van der Waals surface area contributed by atoms with Crippen LogP contribution in [0.25, 0.3) is 98.4 Å². The number of benzene rings is 9. The summed E-state index contributed by atoms with van der Waals surface area (Å²) >= 11 is 0. The van der Waals surface area contributed by atoms with Gasteiger partial charge in [0, 0.05) is 10.8 Å². The molecule has 0 saturated heterocycles. The first-order chi connectivity index (χ1) is 23.3. The van der Waals surface area contributed by atoms with Gasteiger partial charge in [0.05, 0.1) is 0 Å². The molecule has 1 aromatic heterocycles. The SMILES string of the molecule is c1ccc2c(-c3ccc4ccc(-c5c6ccccc6c(-c6ccc7c(c6)oc6ccccc67)c6ccccc56)cc4c3)cccc2c1. The summed E-state index contributed by atoms with van der Waals surface area (Å²) in [6, 6.07) is 61.7. The molecule has 0 aliphatic heterocycles. The minimum Gasteiger partial charge on any atom is -0.456 e. The van der Waals surface area contributed by atoms with E-state index in [0.29, 0.717) is 0 Å². The summed E-state index contributed by atoms with van der Waals surface area (Å²) in [6.45, 7) is 0. The highest BCUT2D eigenvalue weighted by atomic mass is 16.3. The molecule has 0 radical (unpaired) electrons. The zero-order valence-electron chi connectivity index (χ0n) is 25.6. The summed E-state index contributed by atoms with van der Waals surface area (Å²) in [7, 11) is 0. The predicted molar refractivity (Wildman–Crippen MR) is 200 cm³/mol. The summed E-state index contributed by atoms with van der Waals surface area (Å²) in [5, 5.41) is 12.3. The Balaban J connectivity index is 1.20. The summed E-state index contributed by atoms with van der Waals surface area (Å²) < 4.78 is 6.34. The predicted octanol–water partition coefficient (Wildman–Crippen LogP) is 13.2. The Labute approximate surface area is 271 Å². The maximum atomic E-state index is 6.34. The third kappa shape index (κ3) is 4.03. The van der Waals surface area contributed by atoms with Crippen molar-refractivity contribution in [3.05, 3.63) is 170 Å². The van der Waals surface area contributed by atoms with Crippen LogP contribution in [0.5, 0.6) is 0 Å². The van der Waals surface area contributed by atoms with Crippen LogP contribution in [0.2, 0.25) is 0 Å². The third-order valence-corrected chi connectivity index (χ3v) is 9.83. The van der Waals surface area contributed by atoms with E-state index in [4.69, 9.17) is 4.42 Å². The molecular weight excluding hydrogens is 569 g/mol. The van der Waals surface area contributed by atoms with Gasteiger partial charge in [0.2, 0.25) is 0 Å². The second-order valence-corrected chi connectivity index (χ2v) is 12.5. The van der Waals surface area contributed by atoms with E-state index in [1.807, 2.05) is 12.1 Å². The molecule has 0 aliphatic rings. The Kier molecular flexibility index (Phi) is 5.64. The van der Waals surface area contributed by atoms with E-state index >= 15 is 0 Å². The maximum Gasteiger partial charge on any atom is 0.136 e. The molecule has 0 N–H and O–H groups in total. The maximum absolute atomic E-state index is 6.34. The molecule has 0 amide bonds. The van der Waals surface area contributed by atoms with Crippen LogP contribution in [-0.2, 0) is 0 Å². The summed E-state index contributed by atoms with van der Waals surface area (Å²) in [5.74, 6) is 0. The second-order valence-electron chi connectivity index (χ2n) is 12.5. The van der Waals surface area contributed by atoms with E-state index in [1.165, 1.54) is 70.9 Å². The molecule has 9 aromatic carbocycles. The van der Waals surface area contributed by atoms with Crippen molar-refractivity contribution in [1.29, 1.82) is 0 Å². The highest BCUT2D eigenvalue weighted by molar-refractivity contribution is 6.22. The highest BCUT2D eigenvalue weighted by Crippen LogP contribution is 2.45. The van der Waals surface area contributed by atoms with E-state index in [2.05, 4.69) is 158 Å². The molecule has 0 aliphatic carbocycles. The minimum absolute atomic E-state index is 0.914. The molecule has 47 heavy (non-hydrogen) atoms. The minimum atomic E-state index is 0.914. The Morgan fingerprint density at radius 2 is 0.787 bits per heavy atom. The first-order valence-electron chi connectivity index (χ1n) is 16.2. The van der Waals surface area contributed by atoms with Gasteiger partial charge in [-0.05, 0) is 107 Å². The van der Waals surface area contributed by atoms with Crippen LogP contribution in [0.1, 0.15) is 0 Å². The van der Waals surface area contributed by atoms with Crippen LogP contribution in [0.4, 0.5) is 0 Å². The number of fused-ring (bicyclic) bond motifs is 7. The van der Waals surface area contributed by atoms with Crippen LogP contribution in [0.3, 0.4) is 0 Å². The number of furan rings is 1. The first-order valence-corrected chi connectivity index (χ1v) is 16.2. The molecule has 0 atom stereocenters. The first kappa shape index (κ1) is 26.1. The molecule has 0 spiro atoms. The van der Waals surface area contributed by atoms with Crippen molar-refractivity contribution >= 4 is 65.0 Å². The summed E-state index contributed by atoms with van der Waals surface area (Å²) in [5.41, 5.74) is 9.22. The van der Waals surface area contributed by atoms with Gasteiger partial charge in [-0.3, -0.25) is 0 Å².